The van der Waals surface area contributed by atoms with Crippen LogP contribution in [0.25, 0.3) is 0 Å². The normalized spacial score (nSPS) is 27.9. The first-order chi connectivity index (χ1) is 6.85. The Balaban J connectivity index is 2.40. The van der Waals surface area contributed by atoms with Crippen LogP contribution in [-0.4, -0.2) is 6.04 Å². The molecule has 0 aromatic heterocycles. The smallest absolute Gasteiger partial charge is 0.194 e. The SMILES string of the molecule is CC1(C)[C@H](N)[C@H]1c1cc(F)c(F)c(F)c1. The fourth-order valence-corrected chi connectivity index (χ4v) is 2.07. The molecule has 0 bridgehead atoms. The Bertz CT molecular complexity index is 391. The van der Waals surface area contributed by atoms with E-state index in [1.54, 1.807) is 0 Å². The average Bonchev–Trinajstić information content (AvgIpc) is 2.61. The molecule has 1 nitrogen and oxygen atoms in total. The molecule has 4 heteroatoms. The molecule has 1 aromatic rings. The minimum Gasteiger partial charge on any atom is -0.327 e. The van der Waals surface area contributed by atoms with E-state index in [-0.39, 0.29) is 17.4 Å². The second kappa shape index (κ2) is 2.98. The van der Waals surface area contributed by atoms with Crippen molar-refractivity contribution in [2.45, 2.75) is 25.8 Å². The van der Waals surface area contributed by atoms with Gasteiger partial charge in [0.15, 0.2) is 17.5 Å². The maximum Gasteiger partial charge on any atom is 0.194 e. The highest BCUT2D eigenvalue weighted by Gasteiger charge is 2.56. The highest BCUT2D eigenvalue weighted by Crippen LogP contribution is 2.57. The minimum atomic E-state index is -1.43. The maximum atomic E-state index is 13.0. The van der Waals surface area contributed by atoms with E-state index in [1.165, 1.54) is 0 Å². The Morgan fingerprint density at radius 2 is 1.53 bits per heavy atom. The summed E-state index contributed by atoms with van der Waals surface area (Å²) in [5.74, 6) is -3.83. The van der Waals surface area contributed by atoms with Gasteiger partial charge in [0.1, 0.15) is 0 Å². The van der Waals surface area contributed by atoms with Crippen molar-refractivity contribution in [3.05, 3.63) is 35.1 Å². The second-order valence-electron chi connectivity index (χ2n) is 4.62. The molecule has 0 amide bonds. The third kappa shape index (κ3) is 1.44. The molecule has 0 heterocycles. The predicted molar refractivity (Wildman–Crippen MR) is 50.8 cm³/mol. The lowest BCUT2D eigenvalue weighted by atomic mass is 10.0. The standard InChI is InChI=1S/C11H12F3N/c1-11(2)8(10(11)15)5-3-6(12)9(14)7(13)4-5/h3-4,8,10H,15H2,1-2H3/t8-,10-/m1/s1. The lowest BCUT2D eigenvalue weighted by Crippen LogP contribution is -2.06. The van der Waals surface area contributed by atoms with Gasteiger partial charge in [0, 0.05) is 12.0 Å². The van der Waals surface area contributed by atoms with Gasteiger partial charge in [-0.05, 0) is 23.1 Å². The van der Waals surface area contributed by atoms with E-state index in [4.69, 9.17) is 5.73 Å². The lowest BCUT2D eigenvalue weighted by molar-refractivity contribution is 0.444. The van der Waals surface area contributed by atoms with Gasteiger partial charge in [0.2, 0.25) is 0 Å². The monoisotopic (exact) mass is 215 g/mol. The molecule has 15 heavy (non-hydrogen) atoms. The number of rotatable bonds is 1. The summed E-state index contributed by atoms with van der Waals surface area (Å²) in [6.07, 6.45) is 0. The van der Waals surface area contributed by atoms with E-state index < -0.39 is 17.5 Å². The maximum absolute atomic E-state index is 13.0. The van der Waals surface area contributed by atoms with Gasteiger partial charge in [-0.1, -0.05) is 13.8 Å². The lowest BCUT2D eigenvalue weighted by Gasteiger charge is -2.04. The summed E-state index contributed by atoms with van der Waals surface area (Å²) in [5.41, 5.74) is 6.04. The molecule has 2 atom stereocenters. The Hall–Kier alpha value is -1.03. The van der Waals surface area contributed by atoms with Crippen molar-refractivity contribution in [3.63, 3.8) is 0 Å². The molecule has 1 aromatic carbocycles. The molecule has 1 aliphatic rings. The molecule has 0 spiro atoms. The van der Waals surface area contributed by atoms with Gasteiger partial charge in [0.05, 0.1) is 0 Å². The van der Waals surface area contributed by atoms with Gasteiger partial charge < -0.3 is 5.73 Å². The van der Waals surface area contributed by atoms with Gasteiger partial charge >= 0.3 is 0 Å². The van der Waals surface area contributed by atoms with Gasteiger partial charge in [-0.15, -0.1) is 0 Å². The van der Waals surface area contributed by atoms with E-state index in [2.05, 4.69) is 0 Å². The Morgan fingerprint density at radius 3 is 1.87 bits per heavy atom. The first-order valence-electron chi connectivity index (χ1n) is 4.75. The van der Waals surface area contributed by atoms with Crippen LogP contribution in [0, 0.1) is 22.9 Å². The summed E-state index contributed by atoms with van der Waals surface area (Å²) in [7, 11) is 0. The third-order valence-electron chi connectivity index (χ3n) is 3.28. The van der Waals surface area contributed by atoms with Crippen molar-refractivity contribution in [3.8, 4) is 0 Å². The Kier molecular flexibility index (Phi) is 2.08. The van der Waals surface area contributed by atoms with E-state index in [0.29, 0.717) is 5.56 Å². The van der Waals surface area contributed by atoms with Crippen LogP contribution in [0.5, 0.6) is 0 Å². The van der Waals surface area contributed by atoms with Crippen molar-refractivity contribution < 1.29 is 13.2 Å². The molecule has 82 valence electrons. The van der Waals surface area contributed by atoms with Crippen molar-refractivity contribution in [2.75, 3.05) is 0 Å². The van der Waals surface area contributed by atoms with Gasteiger partial charge in [-0.3, -0.25) is 0 Å². The van der Waals surface area contributed by atoms with Crippen LogP contribution in [-0.2, 0) is 0 Å². The summed E-state index contributed by atoms with van der Waals surface area (Å²) in [5, 5.41) is 0. The first-order valence-corrected chi connectivity index (χ1v) is 4.75. The number of halogens is 3. The molecule has 1 aliphatic carbocycles. The number of hydrogen-bond donors (Lipinski definition) is 1. The van der Waals surface area contributed by atoms with Gasteiger partial charge in [-0.25, -0.2) is 13.2 Å². The summed E-state index contributed by atoms with van der Waals surface area (Å²) in [4.78, 5) is 0. The molecule has 0 radical (unpaired) electrons. The predicted octanol–water partition coefficient (Wildman–Crippen LogP) is 2.55. The minimum absolute atomic E-state index is 0.0953. The highest BCUT2D eigenvalue weighted by atomic mass is 19.2. The summed E-state index contributed by atoms with van der Waals surface area (Å²) >= 11 is 0. The van der Waals surface area contributed by atoms with Crippen LogP contribution in [0.4, 0.5) is 13.2 Å². The van der Waals surface area contributed by atoms with Crippen LogP contribution < -0.4 is 5.73 Å². The average molecular weight is 215 g/mol. The fourth-order valence-electron chi connectivity index (χ4n) is 2.07. The zero-order valence-corrected chi connectivity index (χ0v) is 8.52. The fraction of sp³-hybridized carbons (Fsp3) is 0.455. The van der Waals surface area contributed by atoms with E-state index >= 15 is 0 Å². The van der Waals surface area contributed by atoms with Crippen molar-refractivity contribution >= 4 is 0 Å². The largest absolute Gasteiger partial charge is 0.327 e. The zero-order chi connectivity index (χ0) is 11.4. The summed E-state index contributed by atoms with van der Waals surface area (Å²) in [6, 6.07) is 1.93. The summed E-state index contributed by atoms with van der Waals surface area (Å²) < 4.78 is 38.6. The quantitative estimate of drug-likeness (QED) is 0.716. The topological polar surface area (TPSA) is 26.0 Å². The number of nitrogens with two attached hydrogens (primary N) is 1. The second-order valence-corrected chi connectivity index (χ2v) is 4.62. The molecule has 2 rings (SSSR count). The molecule has 1 fully saturated rings. The number of benzene rings is 1. The molecular formula is C11H12F3N. The Labute approximate surface area is 86.1 Å². The molecule has 0 aliphatic heterocycles. The zero-order valence-electron chi connectivity index (χ0n) is 8.52. The van der Waals surface area contributed by atoms with Crippen LogP contribution in [0.15, 0.2) is 12.1 Å². The third-order valence-corrected chi connectivity index (χ3v) is 3.28. The van der Waals surface area contributed by atoms with Crippen LogP contribution in [0.1, 0.15) is 25.3 Å². The highest BCUT2D eigenvalue weighted by molar-refractivity contribution is 5.35. The van der Waals surface area contributed by atoms with E-state index in [9.17, 15) is 13.2 Å². The summed E-state index contributed by atoms with van der Waals surface area (Å²) in [6.45, 7) is 3.84. The molecule has 1 saturated carbocycles. The van der Waals surface area contributed by atoms with Crippen LogP contribution in [0.3, 0.4) is 0 Å². The van der Waals surface area contributed by atoms with Crippen molar-refractivity contribution in [2.24, 2.45) is 11.1 Å². The molecular weight excluding hydrogens is 203 g/mol. The number of hydrogen-bond acceptors (Lipinski definition) is 1. The first kappa shape index (κ1) is 10.5. The van der Waals surface area contributed by atoms with Crippen molar-refractivity contribution in [1.82, 2.24) is 0 Å². The Morgan fingerprint density at radius 1 is 1.13 bits per heavy atom. The van der Waals surface area contributed by atoms with Gasteiger partial charge in [-0.2, -0.15) is 0 Å². The molecule has 0 unspecified atom stereocenters. The van der Waals surface area contributed by atoms with E-state index in [1.807, 2.05) is 13.8 Å². The van der Waals surface area contributed by atoms with Crippen LogP contribution >= 0.6 is 0 Å². The van der Waals surface area contributed by atoms with Gasteiger partial charge in [0.25, 0.3) is 0 Å². The van der Waals surface area contributed by atoms with Crippen LogP contribution in [0.2, 0.25) is 0 Å². The molecule has 0 saturated heterocycles. The molecule has 2 N–H and O–H groups in total. The van der Waals surface area contributed by atoms with Crippen molar-refractivity contribution in [1.29, 1.82) is 0 Å². The van der Waals surface area contributed by atoms with E-state index in [0.717, 1.165) is 12.1 Å².